The number of rotatable bonds is 3. The highest BCUT2D eigenvalue weighted by molar-refractivity contribution is 7.80. The fraction of sp³-hybridized carbons (Fsp3) is 0.273. The molecule has 102 valence electrons. The van der Waals surface area contributed by atoms with E-state index in [0.29, 0.717) is 0 Å². The Morgan fingerprint density at radius 1 is 1.47 bits per heavy atom. The Balaban J connectivity index is 3.38. The highest BCUT2D eigenvalue weighted by Crippen LogP contribution is 2.31. The molecule has 0 atom stereocenters. The predicted octanol–water partition coefficient (Wildman–Crippen LogP) is 2.92. The molecule has 4 nitrogen and oxygen atoms in total. The van der Waals surface area contributed by atoms with Crippen LogP contribution in [0.5, 0.6) is 5.75 Å². The van der Waals surface area contributed by atoms with E-state index in [1.807, 2.05) is 0 Å². The minimum Gasteiger partial charge on any atom is -0.462 e. The number of benzene rings is 1. The van der Waals surface area contributed by atoms with Gasteiger partial charge in [0.15, 0.2) is 0 Å². The lowest BCUT2D eigenvalue weighted by Gasteiger charge is -2.14. The summed E-state index contributed by atoms with van der Waals surface area (Å²) in [6, 6.07) is 3.65. The lowest BCUT2D eigenvalue weighted by molar-refractivity contribution is -0.274. The fourth-order valence-corrected chi connectivity index (χ4v) is 1.55. The zero-order valence-corrected chi connectivity index (χ0v) is 10.5. The van der Waals surface area contributed by atoms with Crippen molar-refractivity contribution >= 4 is 18.6 Å². The van der Waals surface area contributed by atoms with E-state index in [2.05, 4.69) is 22.1 Å². The molecule has 1 aromatic rings. The summed E-state index contributed by atoms with van der Waals surface area (Å²) in [6.45, 7) is 1.44. The van der Waals surface area contributed by atoms with Crippen LogP contribution in [0.4, 0.5) is 13.2 Å². The van der Waals surface area contributed by atoms with Crippen LogP contribution in [0.3, 0.4) is 0 Å². The third-order valence-electron chi connectivity index (χ3n) is 1.91. The van der Waals surface area contributed by atoms with E-state index in [4.69, 9.17) is 5.26 Å². The van der Waals surface area contributed by atoms with Crippen molar-refractivity contribution in [1.29, 1.82) is 5.26 Å². The zero-order valence-electron chi connectivity index (χ0n) is 9.61. The molecule has 0 N–H and O–H groups in total. The molecule has 0 saturated carbocycles. The second-order valence-corrected chi connectivity index (χ2v) is 3.76. The van der Waals surface area contributed by atoms with Crippen molar-refractivity contribution in [2.45, 2.75) is 18.2 Å². The van der Waals surface area contributed by atoms with Crippen molar-refractivity contribution in [1.82, 2.24) is 0 Å². The minimum absolute atomic E-state index is 0.0439. The zero-order chi connectivity index (χ0) is 14.6. The summed E-state index contributed by atoms with van der Waals surface area (Å²) in [5.41, 5.74) is -0.871. The normalized spacial score (nSPS) is 10.7. The van der Waals surface area contributed by atoms with Gasteiger partial charge in [0.05, 0.1) is 12.2 Å². The molecule has 0 aliphatic heterocycles. The third kappa shape index (κ3) is 4.06. The van der Waals surface area contributed by atoms with E-state index in [1.165, 1.54) is 6.92 Å². The maximum Gasteiger partial charge on any atom is 0.573 e. The third-order valence-corrected chi connectivity index (χ3v) is 2.17. The Morgan fingerprint density at radius 3 is 2.58 bits per heavy atom. The minimum atomic E-state index is -4.99. The first-order chi connectivity index (χ1) is 8.78. The molecule has 0 aliphatic carbocycles. The van der Waals surface area contributed by atoms with E-state index >= 15 is 0 Å². The summed E-state index contributed by atoms with van der Waals surface area (Å²) in [6.07, 6.45) is -4.99. The Hall–Kier alpha value is -1.88. The second kappa shape index (κ2) is 5.84. The van der Waals surface area contributed by atoms with Gasteiger partial charge in [-0.05, 0) is 19.1 Å². The summed E-state index contributed by atoms with van der Waals surface area (Å²) in [7, 11) is 0. The van der Waals surface area contributed by atoms with Crippen LogP contribution in [0.1, 0.15) is 22.8 Å². The van der Waals surface area contributed by atoms with Crippen LogP contribution < -0.4 is 4.74 Å². The van der Waals surface area contributed by atoms with Gasteiger partial charge in [-0.3, -0.25) is 0 Å². The lowest BCUT2D eigenvalue weighted by Crippen LogP contribution is -2.20. The molecule has 0 saturated heterocycles. The van der Waals surface area contributed by atoms with E-state index < -0.39 is 23.6 Å². The summed E-state index contributed by atoms with van der Waals surface area (Å²) in [5.74, 6) is -1.87. The molecule has 1 rings (SSSR count). The average molecular weight is 291 g/mol. The maximum absolute atomic E-state index is 12.3. The standard InChI is InChI=1S/C11H8F3NO3S/c1-2-17-10(16)9-6(5-15)3-7(19)4-8(9)18-11(12,13)14/h3-4,19H,2H2,1H3. The Bertz CT molecular complexity index is 537. The fourth-order valence-electron chi connectivity index (χ4n) is 1.31. The SMILES string of the molecule is CCOC(=O)c1c(C#N)cc(S)cc1OC(F)(F)F. The number of carbonyl (C=O) groups excluding carboxylic acids is 1. The average Bonchev–Trinajstić information content (AvgIpc) is 2.25. The number of carbonyl (C=O) groups is 1. The molecular weight excluding hydrogens is 283 g/mol. The number of nitriles is 1. The van der Waals surface area contributed by atoms with Crippen molar-refractivity contribution in [3.8, 4) is 11.8 Å². The summed E-state index contributed by atoms with van der Waals surface area (Å²) in [4.78, 5) is 11.7. The molecule has 0 radical (unpaired) electrons. The molecule has 0 fully saturated rings. The van der Waals surface area contributed by atoms with E-state index in [9.17, 15) is 18.0 Å². The maximum atomic E-state index is 12.3. The Labute approximate surface area is 112 Å². The van der Waals surface area contributed by atoms with Gasteiger partial charge >= 0.3 is 12.3 Å². The van der Waals surface area contributed by atoms with Crippen LogP contribution in [0.15, 0.2) is 17.0 Å². The molecule has 1 aromatic carbocycles. The Morgan fingerprint density at radius 2 is 2.11 bits per heavy atom. The van der Waals surface area contributed by atoms with Gasteiger partial charge in [0.2, 0.25) is 0 Å². The van der Waals surface area contributed by atoms with Crippen molar-refractivity contribution in [3.05, 3.63) is 23.3 Å². The predicted molar refractivity (Wildman–Crippen MR) is 61.0 cm³/mol. The quantitative estimate of drug-likeness (QED) is 0.687. The number of hydrogen-bond donors (Lipinski definition) is 1. The van der Waals surface area contributed by atoms with Crippen LogP contribution >= 0.6 is 12.6 Å². The van der Waals surface area contributed by atoms with E-state index in [0.717, 1.165) is 12.1 Å². The molecule has 0 amide bonds. The van der Waals surface area contributed by atoms with Crippen LogP contribution in [0, 0.1) is 11.3 Å². The molecular formula is C11H8F3NO3S. The van der Waals surface area contributed by atoms with Crippen LogP contribution in [-0.2, 0) is 4.74 Å². The van der Waals surface area contributed by atoms with Gasteiger partial charge in [0.25, 0.3) is 0 Å². The van der Waals surface area contributed by atoms with Gasteiger partial charge in [-0.25, -0.2) is 4.79 Å². The molecule has 0 aromatic heterocycles. The van der Waals surface area contributed by atoms with Crippen LogP contribution in [0.2, 0.25) is 0 Å². The molecule has 0 aliphatic rings. The van der Waals surface area contributed by atoms with Gasteiger partial charge in [-0.1, -0.05) is 0 Å². The van der Waals surface area contributed by atoms with Gasteiger partial charge in [-0.15, -0.1) is 25.8 Å². The first kappa shape index (κ1) is 15.2. The van der Waals surface area contributed by atoms with E-state index in [1.54, 1.807) is 6.07 Å². The summed E-state index contributed by atoms with van der Waals surface area (Å²) in [5, 5.41) is 8.85. The highest BCUT2D eigenvalue weighted by Gasteiger charge is 2.34. The number of nitrogens with zero attached hydrogens (tertiary/aromatic N) is 1. The van der Waals surface area contributed by atoms with Crippen molar-refractivity contribution in [3.63, 3.8) is 0 Å². The molecule has 0 bridgehead atoms. The number of esters is 1. The van der Waals surface area contributed by atoms with Crippen LogP contribution in [0.25, 0.3) is 0 Å². The van der Waals surface area contributed by atoms with Gasteiger partial charge in [0, 0.05) is 4.90 Å². The van der Waals surface area contributed by atoms with Gasteiger partial charge < -0.3 is 9.47 Å². The number of alkyl halides is 3. The highest BCUT2D eigenvalue weighted by atomic mass is 32.1. The lowest BCUT2D eigenvalue weighted by atomic mass is 10.1. The summed E-state index contributed by atoms with van der Waals surface area (Å²) < 4.78 is 45.1. The Kier molecular flexibility index (Phi) is 4.67. The first-order valence-electron chi connectivity index (χ1n) is 4.98. The smallest absolute Gasteiger partial charge is 0.462 e. The number of ether oxygens (including phenoxy) is 2. The molecule has 0 unspecified atom stereocenters. The van der Waals surface area contributed by atoms with Crippen molar-refractivity contribution in [2.75, 3.05) is 6.61 Å². The molecule has 0 heterocycles. The molecule has 19 heavy (non-hydrogen) atoms. The van der Waals surface area contributed by atoms with Crippen molar-refractivity contribution in [2.24, 2.45) is 0 Å². The largest absolute Gasteiger partial charge is 0.573 e. The second-order valence-electron chi connectivity index (χ2n) is 3.25. The number of halogens is 3. The molecule has 0 spiro atoms. The van der Waals surface area contributed by atoms with Crippen LogP contribution in [-0.4, -0.2) is 18.9 Å². The van der Waals surface area contributed by atoms with Gasteiger partial charge in [-0.2, -0.15) is 5.26 Å². The number of thiol groups is 1. The first-order valence-corrected chi connectivity index (χ1v) is 5.43. The topological polar surface area (TPSA) is 59.3 Å². The monoisotopic (exact) mass is 291 g/mol. The number of hydrogen-bond acceptors (Lipinski definition) is 5. The van der Waals surface area contributed by atoms with Crippen molar-refractivity contribution < 1.29 is 27.4 Å². The summed E-state index contributed by atoms with van der Waals surface area (Å²) >= 11 is 3.84. The van der Waals surface area contributed by atoms with E-state index in [-0.39, 0.29) is 17.1 Å². The molecule has 8 heteroatoms. The van der Waals surface area contributed by atoms with Gasteiger partial charge in [0.1, 0.15) is 17.4 Å².